The Morgan fingerprint density at radius 2 is 1.64 bits per heavy atom. The lowest BCUT2D eigenvalue weighted by atomic mass is 10.0. The van der Waals surface area contributed by atoms with E-state index in [1.54, 1.807) is 6.07 Å². The summed E-state index contributed by atoms with van der Waals surface area (Å²) >= 11 is 0. The fourth-order valence-corrected chi connectivity index (χ4v) is 2.87. The number of benzene rings is 1. The van der Waals surface area contributed by atoms with E-state index in [2.05, 4.69) is 6.92 Å². The van der Waals surface area contributed by atoms with Gasteiger partial charge in [-0.25, -0.2) is 4.79 Å². The summed E-state index contributed by atoms with van der Waals surface area (Å²) in [6.45, 7) is 2.25. The minimum atomic E-state index is -0.323. The molecule has 0 saturated heterocycles. The molecule has 0 aliphatic rings. The smallest absolute Gasteiger partial charge is 0.336 e. The van der Waals surface area contributed by atoms with Crippen LogP contribution in [0.4, 0.5) is 5.69 Å². The zero-order valence-electron chi connectivity index (χ0n) is 13.6. The minimum absolute atomic E-state index is 0.323. The molecule has 0 unspecified atom stereocenters. The van der Waals surface area contributed by atoms with E-state index in [1.165, 1.54) is 51.0 Å². The van der Waals surface area contributed by atoms with Crippen LogP contribution in [0.1, 0.15) is 63.9 Å². The van der Waals surface area contributed by atoms with Gasteiger partial charge in [-0.2, -0.15) is 0 Å². The van der Waals surface area contributed by atoms with Crippen molar-refractivity contribution in [3.05, 3.63) is 40.2 Å². The third-order valence-corrected chi connectivity index (χ3v) is 4.15. The Kier molecular flexibility index (Phi) is 6.50. The van der Waals surface area contributed by atoms with Crippen molar-refractivity contribution in [2.24, 2.45) is 0 Å². The van der Waals surface area contributed by atoms with Crippen molar-refractivity contribution < 1.29 is 4.42 Å². The van der Waals surface area contributed by atoms with Crippen LogP contribution in [-0.2, 0) is 6.42 Å². The highest BCUT2D eigenvalue weighted by molar-refractivity contribution is 5.89. The van der Waals surface area contributed by atoms with Crippen molar-refractivity contribution >= 4 is 16.7 Å². The number of rotatable bonds is 9. The molecule has 0 aliphatic carbocycles. The predicted molar refractivity (Wildman–Crippen MR) is 93.2 cm³/mol. The average molecular weight is 301 g/mol. The van der Waals surface area contributed by atoms with Gasteiger partial charge in [0.25, 0.3) is 0 Å². The fraction of sp³-hybridized carbons (Fsp3) is 0.526. The minimum Gasteiger partial charge on any atom is -0.423 e. The second-order valence-electron chi connectivity index (χ2n) is 6.08. The maximum atomic E-state index is 11.3. The highest BCUT2D eigenvalue weighted by Crippen LogP contribution is 2.23. The summed E-state index contributed by atoms with van der Waals surface area (Å²) in [6, 6.07) is 7.10. The molecule has 3 heteroatoms. The van der Waals surface area contributed by atoms with Gasteiger partial charge < -0.3 is 10.2 Å². The Hall–Kier alpha value is -1.77. The van der Waals surface area contributed by atoms with Crippen LogP contribution in [-0.4, -0.2) is 0 Å². The topological polar surface area (TPSA) is 56.2 Å². The molecule has 1 aromatic heterocycles. The summed E-state index contributed by atoms with van der Waals surface area (Å²) in [5, 5.41) is 0.819. The zero-order valence-corrected chi connectivity index (χ0v) is 13.6. The van der Waals surface area contributed by atoms with Gasteiger partial charge in [-0.15, -0.1) is 0 Å². The standard InChI is InChI=1S/C19H27NO2/c1-2-3-4-5-6-7-8-9-10-15-13-17(20)16-11-12-19(21)22-18(16)14-15/h11-14H,2-10,20H2,1H3. The summed E-state index contributed by atoms with van der Waals surface area (Å²) in [4.78, 5) is 11.3. The SMILES string of the molecule is CCCCCCCCCCc1cc(N)c2ccc(=O)oc2c1. The van der Waals surface area contributed by atoms with Gasteiger partial charge in [0.15, 0.2) is 0 Å². The largest absolute Gasteiger partial charge is 0.423 e. The first-order chi connectivity index (χ1) is 10.7. The maximum Gasteiger partial charge on any atom is 0.336 e. The molecular weight excluding hydrogens is 274 g/mol. The van der Waals surface area contributed by atoms with E-state index >= 15 is 0 Å². The first-order valence-electron chi connectivity index (χ1n) is 8.53. The lowest BCUT2D eigenvalue weighted by Crippen LogP contribution is -1.98. The van der Waals surface area contributed by atoms with Crippen LogP contribution >= 0.6 is 0 Å². The second-order valence-corrected chi connectivity index (χ2v) is 6.08. The van der Waals surface area contributed by atoms with E-state index < -0.39 is 0 Å². The van der Waals surface area contributed by atoms with Crippen molar-refractivity contribution in [1.82, 2.24) is 0 Å². The molecule has 2 rings (SSSR count). The van der Waals surface area contributed by atoms with Crippen LogP contribution in [0, 0.1) is 0 Å². The molecule has 3 nitrogen and oxygen atoms in total. The van der Waals surface area contributed by atoms with Gasteiger partial charge in [-0.3, -0.25) is 0 Å². The van der Waals surface area contributed by atoms with Gasteiger partial charge in [0.1, 0.15) is 5.58 Å². The number of nitrogens with two attached hydrogens (primary N) is 1. The average Bonchev–Trinajstić information content (AvgIpc) is 2.49. The molecular formula is C19H27NO2. The van der Waals surface area contributed by atoms with Gasteiger partial charge in [-0.05, 0) is 36.6 Å². The zero-order chi connectivity index (χ0) is 15.8. The van der Waals surface area contributed by atoms with E-state index in [4.69, 9.17) is 10.2 Å². The molecule has 0 radical (unpaired) electrons. The van der Waals surface area contributed by atoms with Crippen LogP contribution in [0.5, 0.6) is 0 Å². The molecule has 0 saturated carbocycles. The van der Waals surface area contributed by atoms with Crippen molar-refractivity contribution in [2.75, 3.05) is 5.73 Å². The van der Waals surface area contributed by atoms with Crippen molar-refractivity contribution in [3.63, 3.8) is 0 Å². The van der Waals surface area contributed by atoms with Gasteiger partial charge in [-0.1, -0.05) is 51.9 Å². The number of nitrogen functional groups attached to an aromatic ring is 1. The van der Waals surface area contributed by atoms with Crippen LogP contribution in [0.2, 0.25) is 0 Å². The highest BCUT2D eigenvalue weighted by Gasteiger charge is 2.04. The lowest BCUT2D eigenvalue weighted by molar-refractivity contribution is 0.559. The molecule has 0 bridgehead atoms. The summed E-state index contributed by atoms with van der Waals surface area (Å²) in [5.41, 5.74) is 8.17. The Labute approximate surface area is 132 Å². The Morgan fingerprint density at radius 1 is 0.955 bits per heavy atom. The number of aryl methyl sites for hydroxylation is 1. The normalized spacial score (nSPS) is 11.1. The number of hydrogen-bond acceptors (Lipinski definition) is 3. The van der Waals surface area contributed by atoms with E-state index in [0.717, 1.165) is 23.8 Å². The number of unbranched alkanes of at least 4 members (excludes halogenated alkanes) is 7. The van der Waals surface area contributed by atoms with Gasteiger partial charge >= 0.3 is 5.63 Å². The maximum absolute atomic E-state index is 11.3. The van der Waals surface area contributed by atoms with Gasteiger partial charge in [0, 0.05) is 17.1 Å². The predicted octanol–water partition coefficient (Wildman–Crippen LogP) is 5.06. The summed E-state index contributed by atoms with van der Waals surface area (Å²) < 4.78 is 5.23. The van der Waals surface area contributed by atoms with E-state index in [0.29, 0.717) is 11.3 Å². The van der Waals surface area contributed by atoms with E-state index in [9.17, 15) is 4.79 Å². The molecule has 0 aliphatic heterocycles. The first kappa shape index (κ1) is 16.6. The molecule has 1 heterocycles. The number of anilines is 1. The summed E-state index contributed by atoms with van der Waals surface area (Å²) in [5.74, 6) is 0. The van der Waals surface area contributed by atoms with E-state index in [-0.39, 0.29) is 5.63 Å². The van der Waals surface area contributed by atoms with Crippen molar-refractivity contribution in [2.45, 2.75) is 64.7 Å². The first-order valence-corrected chi connectivity index (χ1v) is 8.53. The molecule has 120 valence electrons. The molecule has 1 aromatic carbocycles. The van der Waals surface area contributed by atoms with Crippen LogP contribution in [0.15, 0.2) is 33.5 Å². The molecule has 0 amide bonds. The highest BCUT2D eigenvalue weighted by atomic mass is 16.4. The lowest BCUT2D eigenvalue weighted by Gasteiger charge is -2.06. The van der Waals surface area contributed by atoms with E-state index in [1.807, 2.05) is 12.1 Å². The molecule has 0 atom stereocenters. The molecule has 0 spiro atoms. The second kappa shape index (κ2) is 8.62. The van der Waals surface area contributed by atoms with Crippen molar-refractivity contribution in [1.29, 1.82) is 0 Å². The number of fused-ring (bicyclic) bond motifs is 1. The van der Waals surface area contributed by atoms with Gasteiger partial charge in [0.2, 0.25) is 0 Å². The third-order valence-electron chi connectivity index (χ3n) is 4.15. The fourth-order valence-electron chi connectivity index (χ4n) is 2.87. The summed E-state index contributed by atoms with van der Waals surface area (Å²) in [7, 11) is 0. The Morgan fingerprint density at radius 3 is 2.36 bits per heavy atom. The van der Waals surface area contributed by atoms with Crippen molar-refractivity contribution in [3.8, 4) is 0 Å². The molecule has 22 heavy (non-hydrogen) atoms. The molecule has 0 fully saturated rings. The van der Waals surface area contributed by atoms with Crippen LogP contribution in [0.3, 0.4) is 0 Å². The Bertz CT molecular complexity index is 645. The molecule has 2 N–H and O–H groups in total. The summed E-state index contributed by atoms with van der Waals surface area (Å²) in [6.07, 6.45) is 11.5. The number of hydrogen-bond donors (Lipinski definition) is 1. The monoisotopic (exact) mass is 301 g/mol. The Balaban J connectivity index is 1.81. The van der Waals surface area contributed by atoms with Crippen LogP contribution in [0.25, 0.3) is 11.0 Å². The van der Waals surface area contributed by atoms with Gasteiger partial charge in [0.05, 0.1) is 0 Å². The van der Waals surface area contributed by atoms with Crippen LogP contribution < -0.4 is 11.4 Å². The third kappa shape index (κ3) is 4.90. The quantitative estimate of drug-likeness (QED) is 0.400. The molecule has 2 aromatic rings.